The molecule has 0 unspecified atom stereocenters. The van der Waals surface area contributed by atoms with Gasteiger partial charge in [0.15, 0.2) is 6.61 Å². The summed E-state index contributed by atoms with van der Waals surface area (Å²) in [6.07, 6.45) is -2.59. The van der Waals surface area contributed by atoms with Crippen LogP contribution in [0, 0.1) is 0 Å². The van der Waals surface area contributed by atoms with Crippen LogP contribution in [0.25, 0.3) is 0 Å². The average Bonchev–Trinajstić information content (AvgIpc) is 2.41. The molecule has 6 heteroatoms. The van der Waals surface area contributed by atoms with E-state index in [1.165, 1.54) is 7.05 Å². The van der Waals surface area contributed by atoms with Crippen molar-refractivity contribution in [2.45, 2.75) is 31.5 Å². The summed E-state index contributed by atoms with van der Waals surface area (Å²) < 4.78 is 40.1. The number of carbonyl (C=O) groups is 1. The van der Waals surface area contributed by atoms with Gasteiger partial charge in [-0.25, -0.2) is 0 Å². The lowest BCUT2D eigenvalue weighted by atomic mass is 10.0. The number of ether oxygens (including phenoxy) is 1. The van der Waals surface area contributed by atoms with Gasteiger partial charge in [-0.05, 0) is 31.9 Å². The van der Waals surface area contributed by atoms with Gasteiger partial charge in [0.1, 0.15) is 6.04 Å². The highest BCUT2D eigenvalue weighted by Gasteiger charge is 2.31. The van der Waals surface area contributed by atoms with Crippen LogP contribution in [0.15, 0.2) is 30.3 Å². The van der Waals surface area contributed by atoms with Crippen LogP contribution < -0.4 is 5.32 Å². The predicted octanol–water partition coefficient (Wildman–Crippen LogP) is 2.70. The number of likely N-dealkylation sites (N-methyl/N-ethyl adjacent to an activating group) is 1. The Hall–Kier alpha value is -1.56. The molecule has 1 atom stereocenters. The van der Waals surface area contributed by atoms with Crippen molar-refractivity contribution in [1.29, 1.82) is 0 Å². The zero-order valence-corrected chi connectivity index (χ0v) is 11.2. The Morgan fingerprint density at radius 3 is 2.50 bits per heavy atom. The molecular formula is C14H18F3NO2. The molecule has 0 amide bonds. The van der Waals surface area contributed by atoms with Crippen molar-refractivity contribution < 1.29 is 22.7 Å². The molecule has 20 heavy (non-hydrogen) atoms. The summed E-state index contributed by atoms with van der Waals surface area (Å²) in [5.74, 6) is -0.863. The number of hydrogen-bond donors (Lipinski definition) is 1. The average molecular weight is 289 g/mol. The first-order valence-corrected chi connectivity index (χ1v) is 6.37. The van der Waals surface area contributed by atoms with E-state index in [0.717, 1.165) is 12.0 Å². The molecule has 0 radical (unpaired) electrons. The molecule has 0 spiro atoms. The number of rotatable bonds is 7. The minimum Gasteiger partial charge on any atom is -0.455 e. The van der Waals surface area contributed by atoms with Crippen LogP contribution in [0.2, 0.25) is 0 Å². The van der Waals surface area contributed by atoms with Crippen LogP contribution in [0.4, 0.5) is 13.2 Å². The third-order valence-electron chi connectivity index (χ3n) is 2.81. The SMILES string of the molecule is CN[C@@H](CCCc1ccccc1)C(=O)OCC(F)(F)F. The molecule has 0 aliphatic heterocycles. The Bertz CT molecular complexity index is 407. The van der Waals surface area contributed by atoms with Gasteiger partial charge >= 0.3 is 12.1 Å². The van der Waals surface area contributed by atoms with E-state index in [1.807, 2.05) is 30.3 Å². The van der Waals surface area contributed by atoms with Crippen molar-refractivity contribution in [3.8, 4) is 0 Å². The van der Waals surface area contributed by atoms with Gasteiger partial charge in [-0.1, -0.05) is 30.3 Å². The molecule has 112 valence electrons. The van der Waals surface area contributed by atoms with Crippen LogP contribution in [-0.4, -0.2) is 31.8 Å². The first-order chi connectivity index (χ1) is 9.42. The maximum absolute atomic E-state index is 12.0. The lowest BCUT2D eigenvalue weighted by Crippen LogP contribution is -2.37. The second kappa shape index (κ2) is 7.89. The standard InChI is InChI=1S/C14H18F3NO2/c1-18-12(13(19)20-10-14(15,16)17)9-5-8-11-6-3-2-4-7-11/h2-4,6-7,12,18H,5,8-10H2,1H3/t12-/m0/s1. The minimum atomic E-state index is -4.49. The Morgan fingerprint density at radius 2 is 1.95 bits per heavy atom. The van der Waals surface area contributed by atoms with Crippen LogP contribution in [-0.2, 0) is 16.0 Å². The van der Waals surface area contributed by atoms with E-state index >= 15 is 0 Å². The summed E-state index contributed by atoms with van der Waals surface area (Å²) in [6.45, 7) is -1.54. The zero-order chi connectivity index (χ0) is 15.0. The van der Waals surface area contributed by atoms with Gasteiger partial charge in [0.2, 0.25) is 0 Å². The Labute approximate surface area is 116 Å². The van der Waals surface area contributed by atoms with E-state index in [2.05, 4.69) is 10.1 Å². The highest BCUT2D eigenvalue weighted by Crippen LogP contribution is 2.15. The van der Waals surface area contributed by atoms with Gasteiger partial charge in [-0.2, -0.15) is 13.2 Å². The molecule has 0 saturated carbocycles. The number of aryl methyl sites for hydroxylation is 1. The van der Waals surface area contributed by atoms with Crippen molar-refractivity contribution in [3.63, 3.8) is 0 Å². The molecular weight excluding hydrogens is 271 g/mol. The summed E-state index contributed by atoms with van der Waals surface area (Å²) in [7, 11) is 1.53. The molecule has 0 aliphatic carbocycles. The van der Waals surface area contributed by atoms with E-state index in [4.69, 9.17) is 0 Å². The fourth-order valence-corrected chi connectivity index (χ4v) is 1.79. The van der Waals surface area contributed by atoms with Crippen molar-refractivity contribution in [3.05, 3.63) is 35.9 Å². The van der Waals surface area contributed by atoms with Crippen LogP contribution in [0.3, 0.4) is 0 Å². The van der Waals surface area contributed by atoms with E-state index in [-0.39, 0.29) is 0 Å². The van der Waals surface area contributed by atoms with Crippen molar-refractivity contribution in [2.24, 2.45) is 0 Å². The quantitative estimate of drug-likeness (QED) is 0.784. The molecule has 1 aromatic rings. The molecule has 1 aromatic carbocycles. The van der Waals surface area contributed by atoms with E-state index in [9.17, 15) is 18.0 Å². The third kappa shape index (κ3) is 6.56. The fourth-order valence-electron chi connectivity index (χ4n) is 1.79. The van der Waals surface area contributed by atoms with E-state index < -0.39 is 24.8 Å². The largest absolute Gasteiger partial charge is 0.455 e. The monoisotopic (exact) mass is 289 g/mol. The molecule has 0 aliphatic rings. The van der Waals surface area contributed by atoms with Crippen molar-refractivity contribution in [2.75, 3.05) is 13.7 Å². The number of benzene rings is 1. The summed E-state index contributed by atoms with van der Waals surface area (Å²) in [4.78, 5) is 11.5. The summed E-state index contributed by atoms with van der Waals surface area (Å²) in [5.41, 5.74) is 1.13. The number of alkyl halides is 3. The Morgan fingerprint density at radius 1 is 1.30 bits per heavy atom. The summed E-state index contributed by atoms with van der Waals surface area (Å²) in [5, 5.41) is 2.68. The molecule has 0 heterocycles. The number of hydrogen-bond acceptors (Lipinski definition) is 3. The number of halogens is 3. The Balaban J connectivity index is 2.33. The topological polar surface area (TPSA) is 38.3 Å². The number of carbonyl (C=O) groups excluding carboxylic acids is 1. The Kier molecular flexibility index (Phi) is 6.51. The number of esters is 1. The molecule has 0 fully saturated rings. The second-order valence-corrected chi connectivity index (χ2v) is 4.44. The first kappa shape index (κ1) is 16.5. The van der Waals surface area contributed by atoms with E-state index in [0.29, 0.717) is 12.8 Å². The molecule has 0 aromatic heterocycles. The molecule has 1 rings (SSSR count). The molecule has 3 nitrogen and oxygen atoms in total. The van der Waals surface area contributed by atoms with Crippen molar-refractivity contribution in [1.82, 2.24) is 5.32 Å². The van der Waals surface area contributed by atoms with Gasteiger partial charge in [0.25, 0.3) is 0 Å². The van der Waals surface area contributed by atoms with Crippen LogP contribution >= 0.6 is 0 Å². The lowest BCUT2D eigenvalue weighted by molar-refractivity contribution is -0.187. The highest BCUT2D eigenvalue weighted by molar-refractivity contribution is 5.75. The van der Waals surface area contributed by atoms with Gasteiger partial charge < -0.3 is 10.1 Å². The third-order valence-corrected chi connectivity index (χ3v) is 2.81. The summed E-state index contributed by atoms with van der Waals surface area (Å²) in [6, 6.07) is 8.98. The maximum Gasteiger partial charge on any atom is 0.422 e. The fraction of sp³-hybridized carbons (Fsp3) is 0.500. The highest BCUT2D eigenvalue weighted by atomic mass is 19.4. The molecule has 0 bridgehead atoms. The molecule has 0 saturated heterocycles. The smallest absolute Gasteiger partial charge is 0.422 e. The van der Waals surface area contributed by atoms with E-state index in [1.54, 1.807) is 0 Å². The normalized spacial score (nSPS) is 13.0. The van der Waals surface area contributed by atoms with Crippen molar-refractivity contribution >= 4 is 5.97 Å². The van der Waals surface area contributed by atoms with Crippen LogP contribution in [0.1, 0.15) is 18.4 Å². The predicted molar refractivity (Wildman–Crippen MR) is 69.2 cm³/mol. The van der Waals surface area contributed by atoms with Gasteiger partial charge in [0, 0.05) is 0 Å². The lowest BCUT2D eigenvalue weighted by Gasteiger charge is -2.16. The maximum atomic E-state index is 12.0. The summed E-state index contributed by atoms with van der Waals surface area (Å²) >= 11 is 0. The van der Waals surface area contributed by atoms with Crippen LogP contribution in [0.5, 0.6) is 0 Å². The van der Waals surface area contributed by atoms with Gasteiger partial charge in [-0.15, -0.1) is 0 Å². The first-order valence-electron chi connectivity index (χ1n) is 6.37. The molecule has 1 N–H and O–H groups in total. The number of nitrogens with one attached hydrogen (secondary N) is 1. The minimum absolute atomic E-state index is 0.433. The zero-order valence-electron chi connectivity index (χ0n) is 11.2. The van der Waals surface area contributed by atoms with Gasteiger partial charge in [-0.3, -0.25) is 4.79 Å². The van der Waals surface area contributed by atoms with Gasteiger partial charge in [0.05, 0.1) is 0 Å². The second-order valence-electron chi connectivity index (χ2n) is 4.44.